The van der Waals surface area contributed by atoms with Crippen LogP contribution in [-0.4, -0.2) is 12.5 Å². The Kier molecular flexibility index (Phi) is 4.42. The molecular formula is C14H17BrN2O. The molecule has 0 aromatic heterocycles. The van der Waals surface area contributed by atoms with Crippen LogP contribution >= 0.6 is 15.9 Å². The van der Waals surface area contributed by atoms with E-state index in [0.29, 0.717) is 17.8 Å². The zero-order valence-corrected chi connectivity index (χ0v) is 11.8. The van der Waals surface area contributed by atoms with Crippen molar-refractivity contribution in [2.75, 3.05) is 12.3 Å². The van der Waals surface area contributed by atoms with E-state index in [9.17, 15) is 4.79 Å². The van der Waals surface area contributed by atoms with Crippen LogP contribution in [0.3, 0.4) is 0 Å². The third-order valence-electron chi connectivity index (χ3n) is 3.13. The number of nitrogens with two attached hydrogens (primary N) is 1. The third-order valence-corrected chi connectivity index (χ3v) is 3.62. The second kappa shape index (κ2) is 6.05. The van der Waals surface area contributed by atoms with Gasteiger partial charge in [0.2, 0.25) is 0 Å². The van der Waals surface area contributed by atoms with Gasteiger partial charge in [-0.1, -0.05) is 27.6 Å². The van der Waals surface area contributed by atoms with Crippen molar-refractivity contribution in [3.05, 3.63) is 39.9 Å². The molecule has 1 aromatic rings. The molecule has 3 N–H and O–H groups in total. The molecule has 4 heteroatoms. The van der Waals surface area contributed by atoms with Gasteiger partial charge in [0.15, 0.2) is 0 Å². The van der Waals surface area contributed by atoms with Crippen molar-refractivity contribution in [3.63, 3.8) is 0 Å². The van der Waals surface area contributed by atoms with Crippen molar-refractivity contribution in [3.8, 4) is 0 Å². The first-order chi connectivity index (χ1) is 8.66. The Balaban J connectivity index is 1.89. The summed E-state index contributed by atoms with van der Waals surface area (Å²) >= 11 is 3.34. The third kappa shape index (κ3) is 3.35. The molecule has 96 valence electrons. The monoisotopic (exact) mass is 308 g/mol. The predicted molar refractivity (Wildman–Crippen MR) is 77.4 cm³/mol. The van der Waals surface area contributed by atoms with Crippen LogP contribution in [0.5, 0.6) is 0 Å². The van der Waals surface area contributed by atoms with Gasteiger partial charge in [0, 0.05) is 16.7 Å². The van der Waals surface area contributed by atoms with Gasteiger partial charge in [-0.05, 0) is 43.9 Å². The van der Waals surface area contributed by atoms with E-state index in [2.05, 4.69) is 27.3 Å². The van der Waals surface area contributed by atoms with Crippen molar-refractivity contribution in [1.29, 1.82) is 0 Å². The van der Waals surface area contributed by atoms with Gasteiger partial charge in [0.1, 0.15) is 0 Å². The van der Waals surface area contributed by atoms with Crippen LogP contribution in [-0.2, 0) is 0 Å². The molecule has 0 atom stereocenters. The van der Waals surface area contributed by atoms with E-state index in [1.54, 1.807) is 12.1 Å². The molecule has 0 unspecified atom stereocenters. The fraction of sp³-hybridized carbons (Fsp3) is 0.357. The minimum Gasteiger partial charge on any atom is -0.398 e. The van der Waals surface area contributed by atoms with E-state index >= 15 is 0 Å². The van der Waals surface area contributed by atoms with Gasteiger partial charge >= 0.3 is 0 Å². The van der Waals surface area contributed by atoms with Crippen LogP contribution in [0.4, 0.5) is 5.69 Å². The lowest BCUT2D eigenvalue weighted by molar-refractivity contribution is 0.0955. The number of hydrogen-bond donors (Lipinski definition) is 2. The molecule has 18 heavy (non-hydrogen) atoms. The van der Waals surface area contributed by atoms with E-state index in [1.807, 2.05) is 6.07 Å². The number of rotatable bonds is 4. The minimum atomic E-state index is -0.104. The zero-order valence-electron chi connectivity index (χ0n) is 10.2. The molecule has 1 amide bonds. The largest absolute Gasteiger partial charge is 0.398 e. The second-order valence-electron chi connectivity index (χ2n) is 4.49. The summed E-state index contributed by atoms with van der Waals surface area (Å²) in [7, 11) is 0. The van der Waals surface area contributed by atoms with Gasteiger partial charge < -0.3 is 11.1 Å². The Morgan fingerprint density at radius 3 is 3.00 bits per heavy atom. The van der Waals surface area contributed by atoms with Crippen LogP contribution in [0.1, 0.15) is 36.0 Å². The van der Waals surface area contributed by atoms with E-state index in [1.165, 1.54) is 24.8 Å². The number of nitrogens with one attached hydrogen (secondary N) is 1. The molecule has 0 saturated heterocycles. The average molecular weight is 309 g/mol. The smallest absolute Gasteiger partial charge is 0.253 e. The summed E-state index contributed by atoms with van der Waals surface area (Å²) in [4.78, 5) is 12.0. The Morgan fingerprint density at radius 2 is 2.28 bits per heavy atom. The molecule has 0 saturated carbocycles. The number of benzene rings is 1. The maximum absolute atomic E-state index is 12.0. The predicted octanol–water partition coefficient (Wildman–Crippen LogP) is 3.26. The molecule has 0 bridgehead atoms. The number of anilines is 1. The number of carbonyl (C=O) groups excluding carboxylic acids is 1. The molecule has 1 aliphatic rings. The summed E-state index contributed by atoms with van der Waals surface area (Å²) in [6, 6.07) is 5.31. The molecule has 0 spiro atoms. The highest BCUT2D eigenvalue weighted by Crippen LogP contribution is 2.20. The van der Waals surface area contributed by atoms with Crippen molar-refractivity contribution in [1.82, 2.24) is 5.32 Å². The van der Waals surface area contributed by atoms with Crippen molar-refractivity contribution in [2.45, 2.75) is 25.7 Å². The van der Waals surface area contributed by atoms with Crippen LogP contribution in [0.25, 0.3) is 0 Å². The molecule has 1 aromatic carbocycles. The van der Waals surface area contributed by atoms with E-state index in [-0.39, 0.29) is 5.91 Å². The Morgan fingerprint density at radius 1 is 1.44 bits per heavy atom. The maximum Gasteiger partial charge on any atom is 0.253 e. The highest BCUT2D eigenvalue weighted by molar-refractivity contribution is 9.10. The summed E-state index contributed by atoms with van der Waals surface area (Å²) in [5, 5.41) is 2.91. The zero-order chi connectivity index (χ0) is 13.0. The molecule has 2 rings (SSSR count). The molecular weight excluding hydrogens is 292 g/mol. The van der Waals surface area contributed by atoms with E-state index < -0.39 is 0 Å². The maximum atomic E-state index is 12.0. The molecule has 1 aliphatic carbocycles. The van der Waals surface area contributed by atoms with E-state index in [4.69, 9.17) is 5.73 Å². The van der Waals surface area contributed by atoms with Crippen molar-refractivity contribution in [2.24, 2.45) is 0 Å². The van der Waals surface area contributed by atoms with Crippen LogP contribution in [0.15, 0.2) is 34.3 Å². The Hall–Kier alpha value is -1.29. The van der Waals surface area contributed by atoms with Gasteiger partial charge in [0.25, 0.3) is 5.91 Å². The lowest BCUT2D eigenvalue weighted by atomic mass is 10.1. The van der Waals surface area contributed by atoms with Gasteiger partial charge in [0.05, 0.1) is 5.56 Å². The summed E-state index contributed by atoms with van der Waals surface area (Å²) in [6.45, 7) is 0.677. The lowest BCUT2D eigenvalue weighted by Gasteiger charge is -2.08. The standard InChI is InChI=1S/C14H17BrN2O/c15-11-5-6-13(16)12(9-11)14(18)17-8-7-10-3-1-2-4-10/h3,5-6,9H,1-2,4,7-8,16H2,(H,17,18). The first-order valence-electron chi connectivity index (χ1n) is 6.18. The highest BCUT2D eigenvalue weighted by Gasteiger charge is 2.10. The first-order valence-corrected chi connectivity index (χ1v) is 6.97. The molecule has 0 radical (unpaired) electrons. The molecule has 3 nitrogen and oxygen atoms in total. The van der Waals surface area contributed by atoms with Gasteiger partial charge in [-0.25, -0.2) is 0 Å². The fourth-order valence-electron chi connectivity index (χ4n) is 2.12. The van der Waals surface area contributed by atoms with Crippen molar-refractivity contribution < 1.29 is 4.79 Å². The molecule has 0 heterocycles. The Labute approximate surface area is 116 Å². The number of hydrogen-bond acceptors (Lipinski definition) is 2. The second-order valence-corrected chi connectivity index (χ2v) is 5.41. The van der Waals surface area contributed by atoms with Crippen LogP contribution in [0, 0.1) is 0 Å². The molecule has 0 fully saturated rings. The highest BCUT2D eigenvalue weighted by atomic mass is 79.9. The normalized spacial score (nSPS) is 14.4. The number of halogens is 1. The number of amides is 1. The summed E-state index contributed by atoms with van der Waals surface area (Å²) in [6.07, 6.45) is 6.83. The minimum absolute atomic E-state index is 0.104. The summed E-state index contributed by atoms with van der Waals surface area (Å²) in [5.74, 6) is -0.104. The van der Waals surface area contributed by atoms with Crippen LogP contribution in [0.2, 0.25) is 0 Å². The van der Waals surface area contributed by atoms with Crippen molar-refractivity contribution >= 4 is 27.5 Å². The first kappa shape index (κ1) is 13.1. The SMILES string of the molecule is Nc1ccc(Br)cc1C(=O)NCCC1=CCCC1. The number of nitrogen functional groups attached to an aromatic ring is 1. The average Bonchev–Trinajstić information content (AvgIpc) is 2.85. The summed E-state index contributed by atoms with van der Waals surface area (Å²) in [5.41, 5.74) is 8.29. The topological polar surface area (TPSA) is 55.1 Å². The quantitative estimate of drug-likeness (QED) is 0.662. The van der Waals surface area contributed by atoms with Gasteiger partial charge in [-0.2, -0.15) is 0 Å². The lowest BCUT2D eigenvalue weighted by Crippen LogP contribution is -2.25. The van der Waals surface area contributed by atoms with Gasteiger partial charge in [-0.15, -0.1) is 0 Å². The fourth-order valence-corrected chi connectivity index (χ4v) is 2.48. The summed E-state index contributed by atoms with van der Waals surface area (Å²) < 4.78 is 0.861. The van der Waals surface area contributed by atoms with E-state index in [0.717, 1.165) is 10.9 Å². The van der Waals surface area contributed by atoms with Crippen LogP contribution < -0.4 is 11.1 Å². The Bertz CT molecular complexity index is 483. The van der Waals surface area contributed by atoms with Gasteiger partial charge in [-0.3, -0.25) is 4.79 Å². The molecule has 0 aliphatic heterocycles. The number of carbonyl (C=O) groups is 1. The number of allylic oxidation sites excluding steroid dienone is 1.